The summed E-state index contributed by atoms with van der Waals surface area (Å²) in [4.78, 5) is 18.3. The summed E-state index contributed by atoms with van der Waals surface area (Å²) in [5.74, 6) is 0.936. The molecule has 0 spiro atoms. The summed E-state index contributed by atoms with van der Waals surface area (Å²) in [6, 6.07) is 4.45. The second kappa shape index (κ2) is 4.61. The minimum Gasteiger partial charge on any atom is -0.423 e. The highest BCUT2D eigenvalue weighted by Crippen LogP contribution is 2.23. The minimum atomic E-state index is -0.490. The van der Waals surface area contributed by atoms with Gasteiger partial charge in [-0.15, -0.1) is 0 Å². The number of nitrogens with one attached hydrogen (secondary N) is 1. The van der Waals surface area contributed by atoms with Crippen LogP contribution in [0.15, 0.2) is 27.1 Å². The molecule has 0 aliphatic carbocycles. The molecule has 3 rings (SSSR count). The quantitative estimate of drug-likeness (QED) is 0.567. The van der Waals surface area contributed by atoms with E-state index in [0.717, 1.165) is 0 Å². The molecule has 102 valence electrons. The normalized spacial score (nSPS) is 10.8. The molecule has 3 aromatic rings. The van der Waals surface area contributed by atoms with Gasteiger partial charge in [-0.1, -0.05) is 5.16 Å². The molecule has 9 nitrogen and oxygen atoms in total. The van der Waals surface area contributed by atoms with Crippen LogP contribution in [0.3, 0.4) is 0 Å². The van der Waals surface area contributed by atoms with E-state index in [2.05, 4.69) is 20.4 Å². The number of aryl methyl sites for hydroxylation is 1. The molecule has 0 saturated heterocycles. The van der Waals surface area contributed by atoms with Gasteiger partial charge in [0.15, 0.2) is 11.4 Å². The lowest BCUT2D eigenvalue weighted by Gasteiger charge is -1.94. The van der Waals surface area contributed by atoms with Crippen LogP contribution in [0.4, 0.5) is 11.7 Å². The summed E-state index contributed by atoms with van der Waals surface area (Å²) < 4.78 is 10.3. The number of nitrogens with zero attached hydrogens (tertiary/aromatic N) is 4. The second-order valence-electron chi connectivity index (χ2n) is 4.02. The van der Waals surface area contributed by atoms with Gasteiger partial charge < -0.3 is 14.3 Å². The predicted octanol–water partition coefficient (Wildman–Crippen LogP) is 2.04. The highest BCUT2D eigenvalue weighted by molar-refractivity contribution is 5.77. The Labute approximate surface area is 111 Å². The Morgan fingerprint density at radius 3 is 2.95 bits per heavy atom. The first-order valence-corrected chi connectivity index (χ1v) is 5.70. The van der Waals surface area contributed by atoms with Crippen molar-refractivity contribution in [3.63, 3.8) is 0 Å². The molecule has 0 saturated carbocycles. The first-order valence-electron chi connectivity index (χ1n) is 5.70. The number of aromatic nitrogens is 3. The highest BCUT2D eigenvalue weighted by Gasteiger charge is 2.12. The summed E-state index contributed by atoms with van der Waals surface area (Å²) in [6.45, 7) is 1.97. The number of rotatable bonds is 4. The van der Waals surface area contributed by atoms with Crippen LogP contribution in [0.25, 0.3) is 11.1 Å². The Balaban J connectivity index is 1.80. The number of fused-ring (bicyclic) bond motifs is 1. The van der Waals surface area contributed by atoms with E-state index < -0.39 is 4.92 Å². The van der Waals surface area contributed by atoms with E-state index in [1.165, 1.54) is 18.2 Å². The lowest BCUT2D eigenvalue weighted by Crippen LogP contribution is -1.99. The van der Waals surface area contributed by atoms with Gasteiger partial charge in [-0.25, -0.2) is 0 Å². The van der Waals surface area contributed by atoms with Gasteiger partial charge in [-0.05, 0) is 13.0 Å². The number of anilines is 1. The molecule has 2 aromatic heterocycles. The fourth-order valence-corrected chi connectivity index (χ4v) is 1.67. The summed E-state index contributed by atoms with van der Waals surface area (Å²) in [7, 11) is 0. The van der Waals surface area contributed by atoms with Gasteiger partial charge >= 0.3 is 0 Å². The molecule has 0 fully saturated rings. The number of hydrogen-bond donors (Lipinski definition) is 1. The molecule has 9 heteroatoms. The fraction of sp³-hybridized carbons (Fsp3) is 0.182. The van der Waals surface area contributed by atoms with E-state index in [1.807, 2.05) is 0 Å². The van der Waals surface area contributed by atoms with Crippen LogP contribution in [-0.4, -0.2) is 20.0 Å². The number of hydrogen-bond acceptors (Lipinski definition) is 8. The first-order chi connectivity index (χ1) is 9.61. The van der Waals surface area contributed by atoms with Crippen molar-refractivity contribution in [3.8, 4) is 0 Å². The number of nitro groups is 1. The van der Waals surface area contributed by atoms with Crippen molar-refractivity contribution < 1.29 is 13.9 Å². The van der Waals surface area contributed by atoms with Crippen LogP contribution >= 0.6 is 0 Å². The number of oxazole rings is 1. The van der Waals surface area contributed by atoms with Crippen LogP contribution in [-0.2, 0) is 6.54 Å². The maximum atomic E-state index is 10.7. The topological polar surface area (TPSA) is 120 Å². The Hall–Kier alpha value is -2.97. The Kier molecular flexibility index (Phi) is 2.78. The monoisotopic (exact) mass is 275 g/mol. The smallest absolute Gasteiger partial charge is 0.296 e. The van der Waals surface area contributed by atoms with Crippen molar-refractivity contribution in [3.05, 3.63) is 40.0 Å². The zero-order valence-corrected chi connectivity index (χ0v) is 10.4. The predicted molar refractivity (Wildman–Crippen MR) is 67.0 cm³/mol. The number of nitro benzene ring substituents is 1. The van der Waals surface area contributed by atoms with Crippen molar-refractivity contribution in [2.75, 3.05) is 5.32 Å². The van der Waals surface area contributed by atoms with Crippen molar-refractivity contribution in [1.29, 1.82) is 0 Å². The summed E-state index contributed by atoms with van der Waals surface area (Å²) in [5.41, 5.74) is 0.816. The average molecular weight is 275 g/mol. The zero-order chi connectivity index (χ0) is 14.1. The minimum absolute atomic E-state index is 0.0484. The average Bonchev–Trinajstić information content (AvgIpc) is 3.00. The molecule has 1 N–H and O–H groups in total. The van der Waals surface area contributed by atoms with E-state index in [9.17, 15) is 10.1 Å². The van der Waals surface area contributed by atoms with E-state index in [1.54, 1.807) is 6.92 Å². The number of non-ortho nitro benzene ring substituents is 1. The number of benzene rings is 1. The van der Waals surface area contributed by atoms with Crippen molar-refractivity contribution in [2.45, 2.75) is 13.5 Å². The lowest BCUT2D eigenvalue weighted by molar-refractivity contribution is -0.384. The molecule has 0 bridgehead atoms. The molecule has 0 amide bonds. The van der Waals surface area contributed by atoms with Gasteiger partial charge in [0.05, 0.1) is 17.5 Å². The van der Waals surface area contributed by atoms with E-state index >= 15 is 0 Å². The van der Waals surface area contributed by atoms with E-state index in [-0.39, 0.29) is 18.2 Å². The largest absolute Gasteiger partial charge is 0.423 e. The Bertz CT molecular complexity index is 778. The van der Waals surface area contributed by atoms with Crippen molar-refractivity contribution >= 4 is 22.8 Å². The Morgan fingerprint density at radius 2 is 2.25 bits per heavy atom. The second-order valence-corrected chi connectivity index (χ2v) is 4.02. The van der Waals surface area contributed by atoms with Crippen molar-refractivity contribution in [1.82, 2.24) is 15.1 Å². The molecule has 0 atom stereocenters. The zero-order valence-electron chi connectivity index (χ0n) is 10.4. The maximum absolute atomic E-state index is 10.7. The highest BCUT2D eigenvalue weighted by atomic mass is 16.6. The Morgan fingerprint density at radius 1 is 1.40 bits per heavy atom. The maximum Gasteiger partial charge on any atom is 0.296 e. The third kappa shape index (κ3) is 2.28. The first kappa shape index (κ1) is 12.1. The molecule has 20 heavy (non-hydrogen) atoms. The van der Waals surface area contributed by atoms with Crippen LogP contribution in [0.5, 0.6) is 0 Å². The van der Waals surface area contributed by atoms with Crippen LogP contribution < -0.4 is 5.32 Å². The molecule has 0 radical (unpaired) electrons. The van der Waals surface area contributed by atoms with Crippen molar-refractivity contribution in [2.24, 2.45) is 0 Å². The van der Waals surface area contributed by atoms with Gasteiger partial charge in [-0.3, -0.25) is 10.1 Å². The molecule has 1 aromatic carbocycles. The molecular formula is C11H9N5O4. The van der Waals surface area contributed by atoms with E-state index in [0.29, 0.717) is 22.8 Å². The van der Waals surface area contributed by atoms with Crippen LogP contribution in [0.2, 0.25) is 0 Å². The van der Waals surface area contributed by atoms with Gasteiger partial charge in [0.25, 0.3) is 11.7 Å². The van der Waals surface area contributed by atoms with Crippen LogP contribution in [0.1, 0.15) is 11.7 Å². The molecule has 0 aliphatic heterocycles. The van der Waals surface area contributed by atoms with Gasteiger partial charge in [0, 0.05) is 6.07 Å². The lowest BCUT2D eigenvalue weighted by atomic mass is 10.3. The third-order valence-corrected chi connectivity index (χ3v) is 2.54. The van der Waals surface area contributed by atoms with Gasteiger partial charge in [0.1, 0.15) is 5.52 Å². The van der Waals surface area contributed by atoms with Gasteiger partial charge in [0.2, 0.25) is 5.89 Å². The fourth-order valence-electron chi connectivity index (χ4n) is 1.67. The van der Waals surface area contributed by atoms with Crippen LogP contribution in [0, 0.1) is 17.0 Å². The summed E-state index contributed by atoms with van der Waals surface area (Å²) in [5, 5.41) is 17.2. The van der Waals surface area contributed by atoms with Gasteiger partial charge in [-0.2, -0.15) is 9.97 Å². The molecule has 0 unspecified atom stereocenters. The third-order valence-electron chi connectivity index (χ3n) is 2.54. The summed E-state index contributed by atoms with van der Waals surface area (Å²) >= 11 is 0. The summed E-state index contributed by atoms with van der Waals surface area (Å²) in [6.07, 6.45) is 0. The molecule has 2 heterocycles. The standard InChI is InChI=1S/C11H9N5O4/c1-6-13-10(20-15-6)5-12-11-14-8-3-2-7(16(17)18)4-9(8)19-11/h2-4H,5H2,1H3,(H,12,14). The molecule has 0 aliphatic rings. The SMILES string of the molecule is Cc1noc(CNc2nc3ccc([N+](=O)[O-])cc3o2)n1. The van der Waals surface area contributed by atoms with E-state index in [4.69, 9.17) is 8.94 Å². The molecular weight excluding hydrogens is 266 g/mol.